The summed E-state index contributed by atoms with van der Waals surface area (Å²) in [5.74, 6) is 0. The molecule has 0 aromatic heterocycles. The fraction of sp³-hybridized carbons (Fsp3) is 1.00. The predicted molar refractivity (Wildman–Crippen MR) is 33.9 cm³/mol. The van der Waals surface area contributed by atoms with Gasteiger partial charge in [-0.15, -0.1) is 0 Å². The first-order valence-electron chi connectivity index (χ1n) is 2.57. The van der Waals surface area contributed by atoms with Crippen molar-refractivity contribution in [3.05, 3.63) is 30.3 Å². The maximum absolute atomic E-state index is 9.95. The van der Waals surface area contributed by atoms with Crippen molar-refractivity contribution in [2.24, 2.45) is 0 Å². The zero-order valence-electron chi connectivity index (χ0n) is 5.76. The summed E-state index contributed by atoms with van der Waals surface area (Å²) in [6.45, 7) is 0. The van der Waals surface area contributed by atoms with E-state index in [1.54, 1.807) is 0 Å². The number of nitro groups is 3. The van der Waals surface area contributed by atoms with Gasteiger partial charge in [-0.1, -0.05) is 0 Å². The molecule has 0 aliphatic carbocycles. The van der Waals surface area contributed by atoms with E-state index in [9.17, 15) is 30.3 Å². The molecule has 72 valence electrons. The molecule has 2 N–H and O–H groups in total. The molecule has 0 aromatic carbocycles. The molecule has 0 aliphatic heterocycles. The lowest BCUT2D eigenvalue weighted by Gasteiger charge is -2.06. The molecule has 0 atom stereocenters. The van der Waals surface area contributed by atoms with Crippen LogP contribution in [0.4, 0.5) is 0 Å². The van der Waals surface area contributed by atoms with Crippen LogP contribution in [0.5, 0.6) is 0 Å². The summed E-state index contributed by atoms with van der Waals surface area (Å²) in [6.07, 6.45) is 0. The second-order valence-electron chi connectivity index (χ2n) is 1.83. The molecule has 0 radical (unpaired) electrons. The van der Waals surface area contributed by atoms with E-state index in [1.807, 2.05) is 0 Å². The molecule has 0 rings (SSSR count). The first kappa shape index (κ1) is 11.2. The lowest BCUT2D eigenvalue weighted by molar-refractivity contribution is -0.944. The Morgan fingerprint density at radius 2 is 1.15 bits per heavy atom. The SMILES string of the molecule is O=[N+]([O-])C(B(O)O)([N+](=O)[O-])[N+](=O)[O-]. The number of hydrogen-bond acceptors (Lipinski definition) is 8. The van der Waals surface area contributed by atoms with Gasteiger partial charge in [-0.2, -0.15) is 0 Å². The minimum Gasteiger partial charge on any atom is -0.408 e. The molecule has 0 saturated heterocycles. The van der Waals surface area contributed by atoms with Gasteiger partial charge >= 0.3 is 12.8 Å². The van der Waals surface area contributed by atoms with Gasteiger partial charge in [-0.3, -0.25) is 30.3 Å². The third kappa shape index (κ3) is 1.39. The van der Waals surface area contributed by atoms with Gasteiger partial charge in [-0.05, 0) is 0 Å². The molecule has 0 fully saturated rings. The number of rotatable bonds is 4. The average molecular weight is 195 g/mol. The quantitative estimate of drug-likeness (QED) is 0.214. The van der Waals surface area contributed by atoms with E-state index in [0.29, 0.717) is 0 Å². The van der Waals surface area contributed by atoms with Gasteiger partial charge in [0.1, 0.15) is 0 Å². The molecule has 0 bridgehead atoms. The minimum atomic E-state index is -4.22. The first-order chi connectivity index (χ1) is 5.77. The molecule has 0 aromatic rings. The molecule has 11 nitrogen and oxygen atoms in total. The standard InChI is InChI=1S/CH2BN3O8/c6-2(7)1(3(8)9,4(10)11)5(12)13/h6-7H. The Morgan fingerprint density at radius 1 is 0.923 bits per heavy atom. The Morgan fingerprint density at radius 3 is 1.15 bits per heavy atom. The second kappa shape index (κ2) is 3.28. The Balaban J connectivity index is 5.46. The summed E-state index contributed by atoms with van der Waals surface area (Å²) in [4.78, 5) is 23.9. The van der Waals surface area contributed by atoms with Crippen molar-refractivity contribution in [3.8, 4) is 0 Å². The summed E-state index contributed by atoms with van der Waals surface area (Å²) in [6, 6.07) is 0. The number of hydrogen-bond donors (Lipinski definition) is 2. The lowest BCUT2D eigenvalue weighted by atomic mass is 9.80. The lowest BCUT2D eigenvalue weighted by Crippen LogP contribution is -2.64. The molecule has 0 spiro atoms. The summed E-state index contributed by atoms with van der Waals surface area (Å²) in [5, 5.41) is 46.3. The van der Waals surface area contributed by atoms with Gasteiger partial charge in [0.05, 0.1) is 0 Å². The van der Waals surface area contributed by atoms with Gasteiger partial charge in [-0.25, -0.2) is 0 Å². The van der Waals surface area contributed by atoms with Crippen LogP contribution in [-0.4, -0.2) is 37.6 Å². The highest BCUT2D eigenvalue weighted by Crippen LogP contribution is 2.13. The Kier molecular flexibility index (Phi) is 2.82. The first-order valence-corrected chi connectivity index (χ1v) is 2.57. The Bertz CT molecular complexity index is 224. The average Bonchev–Trinajstić information content (AvgIpc) is 1.82. The maximum Gasteiger partial charge on any atom is 0.760 e. The van der Waals surface area contributed by atoms with E-state index in [1.165, 1.54) is 0 Å². The van der Waals surface area contributed by atoms with Crippen LogP contribution in [0.1, 0.15) is 0 Å². The predicted octanol–water partition coefficient (Wildman–Crippen LogP) is -2.52. The molecule has 0 amide bonds. The Labute approximate surface area is 69.2 Å². The van der Waals surface area contributed by atoms with Gasteiger partial charge in [0.25, 0.3) is 0 Å². The van der Waals surface area contributed by atoms with E-state index in [4.69, 9.17) is 10.0 Å². The van der Waals surface area contributed by atoms with Crippen LogP contribution < -0.4 is 0 Å². The van der Waals surface area contributed by atoms with Crippen LogP contribution >= 0.6 is 0 Å². The molecule has 13 heavy (non-hydrogen) atoms. The highest BCUT2D eigenvalue weighted by molar-refractivity contribution is 6.43. The maximum atomic E-state index is 9.95. The van der Waals surface area contributed by atoms with Crippen molar-refractivity contribution in [2.45, 2.75) is 5.69 Å². The van der Waals surface area contributed by atoms with Gasteiger partial charge < -0.3 is 10.0 Å². The van der Waals surface area contributed by atoms with E-state index in [0.717, 1.165) is 0 Å². The molecule has 0 aliphatic rings. The molecular weight excluding hydrogens is 193 g/mol. The fourth-order valence-corrected chi connectivity index (χ4v) is 0.483. The van der Waals surface area contributed by atoms with E-state index in [-0.39, 0.29) is 0 Å². The van der Waals surface area contributed by atoms with Crippen LogP contribution in [0, 0.1) is 30.3 Å². The summed E-state index contributed by atoms with van der Waals surface area (Å²) >= 11 is 0. The van der Waals surface area contributed by atoms with Crippen LogP contribution in [0.2, 0.25) is 0 Å². The van der Waals surface area contributed by atoms with Crippen molar-refractivity contribution in [2.75, 3.05) is 0 Å². The highest BCUT2D eigenvalue weighted by Gasteiger charge is 2.81. The van der Waals surface area contributed by atoms with Crippen LogP contribution in [0.25, 0.3) is 0 Å². The summed E-state index contributed by atoms with van der Waals surface area (Å²) in [5.41, 5.74) is -4.22. The van der Waals surface area contributed by atoms with Gasteiger partial charge in [0.15, 0.2) is 14.8 Å². The minimum absolute atomic E-state index is 1.99. The highest BCUT2D eigenvalue weighted by atomic mass is 16.7. The topological polar surface area (TPSA) is 170 Å². The van der Waals surface area contributed by atoms with E-state index in [2.05, 4.69) is 0 Å². The summed E-state index contributed by atoms with van der Waals surface area (Å²) in [7, 11) is -3.33. The zero-order valence-corrected chi connectivity index (χ0v) is 5.76. The normalized spacial score (nSPS) is 10.6. The van der Waals surface area contributed by atoms with E-state index < -0.39 is 27.6 Å². The van der Waals surface area contributed by atoms with Crippen molar-refractivity contribution in [1.29, 1.82) is 0 Å². The van der Waals surface area contributed by atoms with Crippen LogP contribution in [0.3, 0.4) is 0 Å². The van der Waals surface area contributed by atoms with Crippen molar-refractivity contribution >= 4 is 7.12 Å². The van der Waals surface area contributed by atoms with Crippen molar-refractivity contribution in [1.82, 2.24) is 0 Å². The van der Waals surface area contributed by atoms with Gasteiger partial charge in [0, 0.05) is 0 Å². The molecular formula is CH2BN3O8. The van der Waals surface area contributed by atoms with E-state index >= 15 is 0 Å². The van der Waals surface area contributed by atoms with Crippen molar-refractivity contribution < 1.29 is 24.8 Å². The summed E-state index contributed by atoms with van der Waals surface area (Å²) < 4.78 is 0. The second-order valence-corrected chi connectivity index (χ2v) is 1.83. The molecule has 0 unspecified atom stereocenters. The monoisotopic (exact) mass is 195 g/mol. The van der Waals surface area contributed by atoms with Crippen LogP contribution in [-0.2, 0) is 0 Å². The van der Waals surface area contributed by atoms with Gasteiger partial charge in [0.2, 0.25) is 0 Å². The molecule has 0 saturated carbocycles. The zero-order chi connectivity index (χ0) is 10.8. The fourth-order valence-electron chi connectivity index (χ4n) is 0.483. The third-order valence-corrected chi connectivity index (χ3v) is 1.15. The molecule has 0 heterocycles. The van der Waals surface area contributed by atoms with Crippen molar-refractivity contribution in [3.63, 3.8) is 0 Å². The smallest absolute Gasteiger partial charge is 0.408 e. The number of nitrogens with zero attached hydrogens (tertiary/aromatic N) is 3. The largest absolute Gasteiger partial charge is 0.760 e. The van der Waals surface area contributed by atoms with Crippen LogP contribution in [0.15, 0.2) is 0 Å². The Hall–Kier alpha value is -1.82. The third-order valence-electron chi connectivity index (χ3n) is 1.15. The molecule has 12 heteroatoms.